The number of rotatable bonds is 7. The molecule has 3 aromatic carbocycles. The first-order valence-corrected chi connectivity index (χ1v) is 11.7. The Bertz CT molecular complexity index is 1300. The van der Waals surface area contributed by atoms with Crippen LogP contribution in [-0.2, 0) is 11.4 Å². The molecule has 1 heterocycles. The quantitative estimate of drug-likeness (QED) is 0.433. The normalized spacial score (nSPS) is 15.8. The zero-order chi connectivity index (χ0) is 24.1. The molecule has 1 amide bonds. The molecule has 1 saturated heterocycles. The summed E-state index contributed by atoms with van der Waals surface area (Å²) in [6.07, 6.45) is 1.82. The van der Waals surface area contributed by atoms with Gasteiger partial charge in [-0.2, -0.15) is 0 Å². The van der Waals surface area contributed by atoms with Crippen LogP contribution in [0.4, 0.5) is 5.69 Å². The van der Waals surface area contributed by atoms with Crippen molar-refractivity contribution in [1.82, 2.24) is 4.90 Å². The summed E-state index contributed by atoms with van der Waals surface area (Å²) in [6.45, 7) is 4.80. The summed E-state index contributed by atoms with van der Waals surface area (Å²) in [5.74, 6) is -0.478. The average Bonchev–Trinajstić information content (AvgIpc) is 3.12. The number of carboxylic acid groups (broad SMARTS) is 1. The van der Waals surface area contributed by atoms with Gasteiger partial charge in [0.2, 0.25) is 0 Å². The van der Waals surface area contributed by atoms with Crippen LogP contribution in [0.5, 0.6) is 5.75 Å². The van der Waals surface area contributed by atoms with E-state index >= 15 is 0 Å². The van der Waals surface area contributed by atoms with Crippen LogP contribution in [0, 0.1) is 6.92 Å². The van der Waals surface area contributed by atoms with E-state index < -0.39 is 5.97 Å². The number of nitrogens with zero attached hydrogens (tertiary/aromatic N) is 2. The minimum Gasteiger partial charge on any atom is -0.488 e. The predicted molar refractivity (Wildman–Crippen MR) is 135 cm³/mol. The number of aryl methyl sites for hydroxylation is 1. The maximum Gasteiger partial charge on any atom is 0.335 e. The predicted octanol–water partition coefficient (Wildman–Crippen LogP) is 5.90. The monoisotopic (exact) mass is 472 g/mol. The maximum absolute atomic E-state index is 13.1. The number of thioether (sulfide) groups is 1. The van der Waals surface area contributed by atoms with Crippen molar-refractivity contribution in [1.29, 1.82) is 0 Å². The van der Waals surface area contributed by atoms with E-state index in [-0.39, 0.29) is 11.5 Å². The molecule has 0 atom stereocenters. The third kappa shape index (κ3) is 5.38. The van der Waals surface area contributed by atoms with Crippen molar-refractivity contribution in [2.45, 2.75) is 20.5 Å². The smallest absolute Gasteiger partial charge is 0.335 e. The zero-order valence-corrected chi connectivity index (χ0v) is 19.7. The molecule has 0 aromatic heterocycles. The van der Waals surface area contributed by atoms with E-state index in [9.17, 15) is 14.7 Å². The van der Waals surface area contributed by atoms with Crippen molar-refractivity contribution in [3.05, 3.63) is 100.0 Å². The lowest BCUT2D eigenvalue weighted by molar-refractivity contribution is -0.122. The first-order chi connectivity index (χ1) is 16.4. The molecule has 0 bridgehead atoms. The number of carboxylic acids is 1. The third-order valence-corrected chi connectivity index (χ3v) is 6.21. The highest BCUT2D eigenvalue weighted by Crippen LogP contribution is 2.35. The lowest BCUT2D eigenvalue weighted by atomic mass is 10.1. The molecule has 3 aromatic rings. The average molecular weight is 473 g/mol. The van der Waals surface area contributed by atoms with E-state index in [1.807, 2.05) is 62.4 Å². The molecule has 0 spiro atoms. The number of likely N-dealkylation sites (N-methyl/N-ethyl adjacent to an activating group) is 1. The molecule has 172 valence electrons. The zero-order valence-electron chi connectivity index (χ0n) is 18.9. The van der Waals surface area contributed by atoms with Gasteiger partial charge in [0.25, 0.3) is 5.91 Å². The number of amidine groups is 1. The second kappa shape index (κ2) is 10.4. The summed E-state index contributed by atoms with van der Waals surface area (Å²) in [5, 5.41) is 9.75. The Hall–Kier alpha value is -3.84. The summed E-state index contributed by atoms with van der Waals surface area (Å²) in [4.78, 5) is 31.0. The van der Waals surface area contributed by atoms with Gasteiger partial charge < -0.3 is 9.84 Å². The number of carbonyl (C=O) groups is 2. The molecular formula is C27H24N2O4S. The minimum absolute atomic E-state index is 0.144. The fraction of sp³-hybridized carbons (Fsp3) is 0.148. The molecule has 1 fully saturated rings. The second-order valence-electron chi connectivity index (χ2n) is 7.73. The van der Waals surface area contributed by atoms with E-state index in [4.69, 9.17) is 4.74 Å². The number of carbonyl (C=O) groups excluding carboxylic acids is 1. The van der Waals surface area contributed by atoms with Crippen molar-refractivity contribution < 1.29 is 19.4 Å². The molecule has 1 aliphatic heterocycles. The van der Waals surface area contributed by atoms with E-state index in [1.54, 1.807) is 17.0 Å². The van der Waals surface area contributed by atoms with Gasteiger partial charge in [-0.1, -0.05) is 54.1 Å². The summed E-state index contributed by atoms with van der Waals surface area (Å²) >= 11 is 1.27. The molecule has 0 radical (unpaired) electrons. The van der Waals surface area contributed by atoms with Gasteiger partial charge in [-0.15, -0.1) is 0 Å². The number of hydrogen-bond donors (Lipinski definition) is 1. The van der Waals surface area contributed by atoms with Crippen LogP contribution in [0.3, 0.4) is 0 Å². The van der Waals surface area contributed by atoms with E-state index in [2.05, 4.69) is 11.1 Å². The van der Waals surface area contributed by atoms with Crippen LogP contribution in [0.1, 0.15) is 34.0 Å². The molecule has 4 rings (SSSR count). The summed E-state index contributed by atoms with van der Waals surface area (Å²) in [6, 6.07) is 22.1. The first kappa shape index (κ1) is 23.3. The largest absolute Gasteiger partial charge is 0.488 e. The van der Waals surface area contributed by atoms with E-state index in [0.29, 0.717) is 34.7 Å². The lowest BCUT2D eigenvalue weighted by Gasteiger charge is -2.12. The van der Waals surface area contributed by atoms with Crippen LogP contribution >= 0.6 is 11.8 Å². The number of hydrogen-bond acceptors (Lipinski definition) is 5. The van der Waals surface area contributed by atoms with Crippen molar-refractivity contribution in [2.75, 3.05) is 6.54 Å². The van der Waals surface area contributed by atoms with E-state index in [1.165, 1.54) is 29.5 Å². The standard InChI is InChI=1S/C27H24N2O4S/c1-3-29-25(30)24(34-27(29)28-22-12-7-11-21(15-22)26(31)32)16-20-10-4-5-13-23(20)33-17-19-9-6-8-18(2)14-19/h4-16H,3,17H2,1-2H3,(H,31,32)/b24-16-,28-27?. The Morgan fingerprint density at radius 2 is 1.88 bits per heavy atom. The second-order valence-corrected chi connectivity index (χ2v) is 8.73. The molecule has 1 aliphatic rings. The van der Waals surface area contributed by atoms with Crippen LogP contribution < -0.4 is 4.74 Å². The van der Waals surface area contributed by atoms with Crippen molar-refractivity contribution >= 4 is 40.6 Å². The molecule has 0 unspecified atom stereocenters. The van der Waals surface area contributed by atoms with Crippen molar-refractivity contribution in [3.8, 4) is 5.75 Å². The first-order valence-electron chi connectivity index (χ1n) is 10.9. The highest BCUT2D eigenvalue weighted by atomic mass is 32.2. The number of ether oxygens (including phenoxy) is 1. The molecule has 0 aliphatic carbocycles. The molecule has 0 saturated carbocycles. The van der Waals surface area contributed by atoms with Gasteiger partial charge in [0.15, 0.2) is 5.17 Å². The highest BCUT2D eigenvalue weighted by Gasteiger charge is 2.32. The van der Waals surface area contributed by atoms with Crippen molar-refractivity contribution in [3.63, 3.8) is 0 Å². The Labute approximate surface area is 202 Å². The number of aromatic carboxylic acids is 1. The van der Waals surface area contributed by atoms with Crippen molar-refractivity contribution in [2.24, 2.45) is 4.99 Å². The van der Waals surface area contributed by atoms with Gasteiger partial charge in [-0.25, -0.2) is 9.79 Å². The third-order valence-electron chi connectivity index (χ3n) is 5.20. The van der Waals surface area contributed by atoms with Gasteiger partial charge in [-0.05, 0) is 61.5 Å². The number of amides is 1. The summed E-state index contributed by atoms with van der Waals surface area (Å²) < 4.78 is 6.07. The SMILES string of the molecule is CCN1C(=O)/C(=C/c2ccccc2OCc2cccc(C)c2)SC1=Nc1cccc(C(=O)O)c1. The summed E-state index contributed by atoms with van der Waals surface area (Å²) in [5.41, 5.74) is 3.68. The Morgan fingerprint density at radius 3 is 2.65 bits per heavy atom. The highest BCUT2D eigenvalue weighted by molar-refractivity contribution is 8.18. The van der Waals surface area contributed by atoms with Gasteiger partial charge in [0.1, 0.15) is 12.4 Å². The van der Waals surface area contributed by atoms with Crippen LogP contribution in [-0.4, -0.2) is 33.6 Å². The van der Waals surface area contributed by atoms with Gasteiger partial charge in [0, 0.05) is 12.1 Å². The molecule has 34 heavy (non-hydrogen) atoms. The summed E-state index contributed by atoms with van der Waals surface area (Å²) in [7, 11) is 0. The van der Waals surface area contributed by atoms with Crippen LogP contribution in [0.25, 0.3) is 6.08 Å². The fourth-order valence-corrected chi connectivity index (χ4v) is 4.58. The van der Waals surface area contributed by atoms with Gasteiger partial charge >= 0.3 is 5.97 Å². The minimum atomic E-state index is -1.02. The number of benzene rings is 3. The Morgan fingerprint density at radius 1 is 1.09 bits per heavy atom. The number of para-hydroxylation sites is 1. The fourth-order valence-electron chi connectivity index (χ4n) is 3.52. The van der Waals surface area contributed by atoms with Gasteiger partial charge in [-0.3, -0.25) is 9.69 Å². The maximum atomic E-state index is 13.1. The molecule has 6 nitrogen and oxygen atoms in total. The lowest BCUT2D eigenvalue weighted by Crippen LogP contribution is -2.28. The Kier molecular flexibility index (Phi) is 7.13. The van der Waals surface area contributed by atoms with E-state index in [0.717, 1.165) is 11.1 Å². The topological polar surface area (TPSA) is 79.2 Å². The number of aliphatic imine (C=N–C) groups is 1. The molecule has 7 heteroatoms. The van der Waals surface area contributed by atoms with Gasteiger partial charge in [0.05, 0.1) is 16.2 Å². The molecular weight excluding hydrogens is 448 g/mol. The van der Waals surface area contributed by atoms with Crippen LogP contribution in [0.15, 0.2) is 82.7 Å². The molecule has 1 N–H and O–H groups in total. The van der Waals surface area contributed by atoms with Crippen LogP contribution in [0.2, 0.25) is 0 Å². The Balaban J connectivity index is 1.59.